The molecule has 4 N–H and O–H groups in total. The van der Waals surface area contributed by atoms with Crippen LogP contribution in [0.4, 0.5) is 0 Å². The molecule has 0 saturated carbocycles. The fourth-order valence-corrected chi connectivity index (χ4v) is 5.62. The molecular formula is C33H37N5O3S. The molecule has 2 heterocycles. The number of carbonyl (C=O) groups is 1. The molecule has 1 aliphatic rings. The van der Waals surface area contributed by atoms with Crippen molar-refractivity contribution in [2.24, 2.45) is 5.73 Å². The third-order valence-electron chi connectivity index (χ3n) is 6.86. The summed E-state index contributed by atoms with van der Waals surface area (Å²) >= 11 is 1.57. The van der Waals surface area contributed by atoms with Crippen LogP contribution in [0.25, 0.3) is 11.1 Å². The van der Waals surface area contributed by atoms with Crippen LogP contribution >= 0.6 is 11.3 Å². The van der Waals surface area contributed by atoms with Gasteiger partial charge < -0.3 is 20.1 Å². The first-order valence-corrected chi connectivity index (χ1v) is 14.7. The van der Waals surface area contributed by atoms with E-state index in [1.807, 2.05) is 65.7 Å². The summed E-state index contributed by atoms with van der Waals surface area (Å²) in [4.78, 5) is 20.3. The predicted octanol–water partition coefficient (Wildman–Crippen LogP) is 6.77. The molecule has 1 unspecified atom stereocenters. The van der Waals surface area contributed by atoms with Crippen molar-refractivity contribution in [2.75, 3.05) is 13.7 Å². The fraction of sp³-hybridized carbons (Fsp3) is 0.273. The number of nitrogens with one attached hydrogen (secondary N) is 2. The highest BCUT2D eigenvalue weighted by molar-refractivity contribution is 7.09. The van der Waals surface area contributed by atoms with Crippen LogP contribution in [0.3, 0.4) is 0 Å². The van der Waals surface area contributed by atoms with Crippen LogP contribution in [0.2, 0.25) is 0 Å². The number of likely N-dealkylation sites (tertiary alicyclic amines) is 1. The second-order valence-corrected chi connectivity index (χ2v) is 11.1. The van der Waals surface area contributed by atoms with Gasteiger partial charge in [-0.1, -0.05) is 54.1 Å². The van der Waals surface area contributed by atoms with Crippen molar-refractivity contribution in [3.8, 4) is 16.9 Å². The minimum atomic E-state index is -0.652. The fourth-order valence-electron chi connectivity index (χ4n) is 4.67. The van der Waals surface area contributed by atoms with Gasteiger partial charge in [-0.2, -0.15) is 0 Å². The summed E-state index contributed by atoms with van der Waals surface area (Å²) in [6.07, 6.45) is 1.76. The minimum Gasteiger partial charge on any atom is -0.496 e. The van der Waals surface area contributed by atoms with E-state index in [9.17, 15) is 4.79 Å². The van der Waals surface area contributed by atoms with E-state index >= 15 is 0 Å². The SMILES string of the molecule is COc1ccccc1-c1cc(C(=N)OC(=N)C(C)N)cc(C(=O)N2CCC[C@@H]2c2nc(C)cs2)c1.Cc1ccccc1. The quantitative estimate of drug-likeness (QED) is 0.171. The first-order valence-electron chi connectivity index (χ1n) is 13.8. The molecule has 1 fully saturated rings. The summed E-state index contributed by atoms with van der Waals surface area (Å²) in [6, 6.07) is 22.3. The average Bonchev–Trinajstić information content (AvgIpc) is 3.66. The molecule has 4 aromatic rings. The largest absolute Gasteiger partial charge is 0.496 e. The Bertz CT molecular complexity index is 1550. The van der Waals surface area contributed by atoms with Gasteiger partial charge in [-0.05, 0) is 63.4 Å². The predicted molar refractivity (Wildman–Crippen MR) is 169 cm³/mol. The number of hydrogen-bond acceptors (Lipinski definition) is 8. The molecule has 0 radical (unpaired) electrons. The van der Waals surface area contributed by atoms with Crippen molar-refractivity contribution in [3.63, 3.8) is 0 Å². The van der Waals surface area contributed by atoms with E-state index in [1.54, 1.807) is 37.5 Å². The lowest BCUT2D eigenvalue weighted by atomic mass is 9.98. The third kappa shape index (κ3) is 7.48. The van der Waals surface area contributed by atoms with E-state index in [0.717, 1.165) is 29.1 Å². The Balaban J connectivity index is 0.000000507. The van der Waals surface area contributed by atoms with Crippen LogP contribution in [0.1, 0.15) is 58.0 Å². The smallest absolute Gasteiger partial charge is 0.254 e. The Labute approximate surface area is 251 Å². The Morgan fingerprint density at radius 2 is 1.74 bits per heavy atom. The topological polar surface area (TPSA) is 125 Å². The zero-order valence-electron chi connectivity index (χ0n) is 24.4. The van der Waals surface area contributed by atoms with Gasteiger partial charge >= 0.3 is 0 Å². The van der Waals surface area contributed by atoms with Gasteiger partial charge in [-0.15, -0.1) is 11.3 Å². The monoisotopic (exact) mass is 583 g/mol. The number of methoxy groups -OCH3 is 1. The van der Waals surface area contributed by atoms with E-state index in [4.69, 9.17) is 26.0 Å². The molecule has 218 valence electrons. The van der Waals surface area contributed by atoms with E-state index in [1.165, 1.54) is 5.56 Å². The number of aromatic nitrogens is 1. The summed E-state index contributed by atoms with van der Waals surface area (Å²) in [7, 11) is 1.59. The third-order valence-corrected chi connectivity index (χ3v) is 7.93. The number of aryl methyl sites for hydroxylation is 2. The number of nitrogens with two attached hydrogens (primary N) is 1. The number of amides is 1. The molecule has 0 aliphatic carbocycles. The van der Waals surface area contributed by atoms with Crippen LogP contribution in [-0.2, 0) is 4.74 Å². The van der Waals surface area contributed by atoms with Gasteiger partial charge in [0, 0.05) is 34.3 Å². The second-order valence-electron chi connectivity index (χ2n) is 10.2. The van der Waals surface area contributed by atoms with Crippen molar-refractivity contribution in [1.29, 1.82) is 10.8 Å². The molecule has 3 aromatic carbocycles. The van der Waals surface area contributed by atoms with Crippen LogP contribution < -0.4 is 10.5 Å². The van der Waals surface area contributed by atoms with Gasteiger partial charge in [0.25, 0.3) is 5.91 Å². The molecule has 1 aromatic heterocycles. The van der Waals surface area contributed by atoms with Crippen molar-refractivity contribution in [3.05, 3.63) is 106 Å². The number of rotatable bonds is 6. The number of carbonyl (C=O) groups excluding carboxylic acids is 1. The van der Waals surface area contributed by atoms with E-state index < -0.39 is 6.04 Å². The van der Waals surface area contributed by atoms with Gasteiger partial charge in [0.05, 0.1) is 19.2 Å². The standard InChI is InChI=1S/C26H29N5O3S.C7H8/c1-15-14-35-25(30-15)21-8-6-10-31(21)26(32)19-12-17(20-7-4-5-9-22(20)33-3)11-18(13-19)24(29)34-23(28)16(2)27;1-7-5-3-2-4-6-7/h4-5,7,9,11-14,16,21,28-29H,6,8,10,27H2,1-3H3;2-6H,1H3/t16?,21-;/m1./s1. The number of ether oxygens (including phenoxy) is 2. The maximum absolute atomic E-state index is 13.8. The normalized spacial score (nSPS) is 14.9. The van der Waals surface area contributed by atoms with Crippen molar-refractivity contribution in [2.45, 2.75) is 45.7 Å². The maximum atomic E-state index is 13.8. The molecule has 42 heavy (non-hydrogen) atoms. The molecule has 8 nitrogen and oxygen atoms in total. The van der Waals surface area contributed by atoms with Gasteiger partial charge in [0.15, 0.2) is 0 Å². The lowest BCUT2D eigenvalue weighted by molar-refractivity contribution is 0.0735. The molecule has 2 atom stereocenters. The van der Waals surface area contributed by atoms with Gasteiger partial charge in [0.2, 0.25) is 11.8 Å². The average molecular weight is 584 g/mol. The van der Waals surface area contributed by atoms with Crippen LogP contribution in [0.15, 0.2) is 78.2 Å². The number of benzene rings is 3. The summed E-state index contributed by atoms with van der Waals surface area (Å²) in [5.41, 5.74) is 10.3. The zero-order chi connectivity index (χ0) is 30.2. The Hall–Kier alpha value is -4.34. The van der Waals surface area contributed by atoms with Crippen molar-refractivity contribution < 1.29 is 14.3 Å². The molecule has 0 bridgehead atoms. The van der Waals surface area contributed by atoms with Crippen molar-refractivity contribution in [1.82, 2.24) is 9.88 Å². The Morgan fingerprint density at radius 3 is 2.36 bits per heavy atom. The Kier molecular flexibility index (Phi) is 10.2. The summed E-state index contributed by atoms with van der Waals surface area (Å²) in [6.45, 7) is 6.29. The van der Waals surface area contributed by atoms with Crippen LogP contribution in [0.5, 0.6) is 5.75 Å². The lowest BCUT2D eigenvalue weighted by Gasteiger charge is -2.24. The van der Waals surface area contributed by atoms with Gasteiger partial charge in [0.1, 0.15) is 10.8 Å². The molecular weight excluding hydrogens is 546 g/mol. The van der Waals surface area contributed by atoms with Crippen LogP contribution in [0, 0.1) is 24.7 Å². The molecule has 1 amide bonds. The first-order chi connectivity index (χ1) is 20.2. The maximum Gasteiger partial charge on any atom is 0.254 e. The summed E-state index contributed by atoms with van der Waals surface area (Å²) in [5, 5.41) is 19.3. The Morgan fingerprint density at radius 1 is 1.05 bits per heavy atom. The molecule has 1 saturated heterocycles. The van der Waals surface area contributed by atoms with Gasteiger partial charge in [-0.25, -0.2) is 4.98 Å². The zero-order valence-corrected chi connectivity index (χ0v) is 25.2. The number of para-hydroxylation sites is 1. The highest BCUT2D eigenvalue weighted by Crippen LogP contribution is 2.36. The summed E-state index contributed by atoms with van der Waals surface area (Å²) < 4.78 is 10.9. The second kappa shape index (κ2) is 14.0. The number of nitrogens with zero attached hydrogens (tertiary/aromatic N) is 2. The minimum absolute atomic E-state index is 0.0680. The number of hydrogen-bond donors (Lipinski definition) is 3. The first kappa shape index (κ1) is 30.6. The molecule has 9 heteroatoms. The van der Waals surface area contributed by atoms with E-state index in [2.05, 4.69) is 24.0 Å². The highest BCUT2D eigenvalue weighted by atomic mass is 32.1. The number of thiazole rings is 1. The highest BCUT2D eigenvalue weighted by Gasteiger charge is 2.33. The lowest BCUT2D eigenvalue weighted by Crippen LogP contribution is -2.31. The molecule has 0 spiro atoms. The van der Waals surface area contributed by atoms with Crippen LogP contribution in [-0.4, -0.2) is 47.3 Å². The molecule has 1 aliphatic heterocycles. The van der Waals surface area contributed by atoms with Crippen molar-refractivity contribution >= 4 is 29.0 Å². The summed E-state index contributed by atoms with van der Waals surface area (Å²) in [5.74, 6) is 0.0560. The van der Waals surface area contributed by atoms with E-state index in [0.29, 0.717) is 29.0 Å². The molecule has 5 rings (SSSR count). The van der Waals surface area contributed by atoms with Gasteiger partial charge in [-0.3, -0.25) is 15.6 Å². The van der Waals surface area contributed by atoms with E-state index in [-0.39, 0.29) is 23.7 Å².